The Bertz CT molecular complexity index is 967. The lowest BCUT2D eigenvalue weighted by Crippen LogP contribution is -2.13. The number of ether oxygens (including phenoxy) is 3. The van der Waals surface area contributed by atoms with Crippen LogP contribution in [0.4, 0.5) is 8.78 Å². The van der Waals surface area contributed by atoms with Crippen LogP contribution in [0.3, 0.4) is 0 Å². The van der Waals surface area contributed by atoms with Crippen LogP contribution in [0.25, 0.3) is 5.69 Å². The van der Waals surface area contributed by atoms with Gasteiger partial charge in [0.05, 0.1) is 19.9 Å². The molecule has 0 atom stereocenters. The molecule has 1 heterocycles. The van der Waals surface area contributed by atoms with Crippen molar-refractivity contribution in [2.75, 3.05) is 14.2 Å². The van der Waals surface area contributed by atoms with Crippen molar-refractivity contribution in [1.29, 1.82) is 0 Å². The van der Waals surface area contributed by atoms with Gasteiger partial charge in [0.2, 0.25) is 0 Å². The summed E-state index contributed by atoms with van der Waals surface area (Å²) < 4.78 is 47.5. The molecule has 0 aliphatic carbocycles. The van der Waals surface area contributed by atoms with E-state index in [4.69, 9.17) is 18.6 Å². The SMILES string of the molecule is COc1ccc(-n2nc(Oc3ccc(F)cc3F)oc2=O)cc1OC. The van der Waals surface area contributed by atoms with Crippen molar-refractivity contribution in [3.8, 4) is 29.0 Å². The maximum absolute atomic E-state index is 13.6. The molecule has 9 heteroatoms. The Balaban J connectivity index is 1.94. The summed E-state index contributed by atoms with van der Waals surface area (Å²) >= 11 is 0. The lowest BCUT2D eigenvalue weighted by molar-refractivity contribution is 0.308. The topological polar surface area (TPSA) is 75.7 Å². The highest BCUT2D eigenvalue weighted by atomic mass is 19.1. The van der Waals surface area contributed by atoms with Gasteiger partial charge in [-0.05, 0) is 24.3 Å². The molecular weight excluding hydrogens is 338 g/mol. The lowest BCUT2D eigenvalue weighted by Gasteiger charge is -2.08. The van der Waals surface area contributed by atoms with E-state index in [1.807, 2.05) is 0 Å². The third kappa shape index (κ3) is 3.30. The van der Waals surface area contributed by atoms with Crippen LogP contribution in [-0.2, 0) is 0 Å². The van der Waals surface area contributed by atoms with Gasteiger partial charge in [0.15, 0.2) is 23.1 Å². The first-order chi connectivity index (χ1) is 12.0. The Hall–Kier alpha value is -3.36. The Morgan fingerprint density at radius 3 is 2.40 bits per heavy atom. The highest BCUT2D eigenvalue weighted by Gasteiger charge is 2.16. The van der Waals surface area contributed by atoms with E-state index in [0.717, 1.165) is 16.8 Å². The van der Waals surface area contributed by atoms with Gasteiger partial charge in [-0.1, -0.05) is 5.10 Å². The molecule has 0 aliphatic heterocycles. The second kappa shape index (κ2) is 6.63. The molecule has 3 aromatic rings. The maximum Gasteiger partial charge on any atom is 0.444 e. The quantitative estimate of drug-likeness (QED) is 0.704. The largest absolute Gasteiger partial charge is 0.493 e. The zero-order valence-corrected chi connectivity index (χ0v) is 13.2. The predicted octanol–water partition coefficient (Wildman–Crippen LogP) is 2.91. The van der Waals surface area contributed by atoms with Gasteiger partial charge in [-0.3, -0.25) is 0 Å². The fourth-order valence-corrected chi connectivity index (χ4v) is 2.07. The smallest absolute Gasteiger partial charge is 0.444 e. The van der Waals surface area contributed by atoms with Crippen LogP contribution in [0, 0.1) is 11.6 Å². The van der Waals surface area contributed by atoms with E-state index in [1.165, 1.54) is 20.3 Å². The highest BCUT2D eigenvalue weighted by Crippen LogP contribution is 2.29. The van der Waals surface area contributed by atoms with Gasteiger partial charge in [-0.25, -0.2) is 13.6 Å². The zero-order valence-electron chi connectivity index (χ0n) is 13.2. The normalized spacial score (nSPS) is 10.6. The Morgan fingerprint density at radius 2 is 1.72 bits per heavy atom. The van der Waals surface area contributed by atoms with Crippen LogP contribution in [0.5, 0.6) is 23.3 Å². The first-order valence-electron chi connectivity index (χ1n) is 6.97. The molecule has 0 unspecified atom stereocenters. The van der Waals surface area contributed by atoms with Gasteiger partial charge in [-0.2, -0.15) is 4.68 Å². The van der Waals surface area contributed by atoms with Crippen LogP contribution in [0.15, 0.2) is 45.6 Å². The van der Waals surface area contributed by atoms with Gasteiger partial charge in [0.1, 0.15) is 5.82 Å². The van der Waals surface area contributed by atoms with E-state index in [1.54, 1.807) is 12.1 Å². The van der Waals surface area contributed by atoms with E-state index in [2.05, 4.69) is 5.10 Å². The van der Waals surface area contributed by atoms with E-state index in [-0.39, 0.29) is 5.75 Å². The van der Waals surface area contributed by atoms with Crippen molar-refractivity contribution >= 4 is 0 Å². The average Bonchev–Trinajstić information content (AvgIpc) is 2.97. The molecule has 0 bridgehead atoms. The number of benzene rings is 2. The molecule has 0 fully saturated rings. The van der Waals surface area contributed by atoms with Crippen molar-refractivity contribution in [3.63, 3.8) is 0 Å². The standard InChI is InChI=1S/C16H12F2N2O5/c1-22-13-6-4-10(8-14(13)23-2)20-16(21)25-15(19-20)24-12-5-3-9(17)7-11(12)18/h3-8H,1-2H3. The molecule has 0 amide bonds. The second-order valence-electron chi connectivity index (χ2n) is 4.76. The van der Waals surface area contributed by atoms with Gasteiger partial charge < -0.3 is 18.6 Å². The third-order valence-corrected chi connectivity index (χ3v) is 3.23. The number of aromatic nitrogens is 2. The van der Waals surface area contributed by atoms with E-state index >= 15 is 0 Å². The summed E-state index contributed by atoms with van der Waals surface area (Å²) in [4.78, 5) is 12.0. The van der Waals surface area contributed by atoms with Crippen molar-refractivity contribution in [1.82, 2.24) is 9.78 Å². The molecule has 0 aliphatic rings. The van der Waals surface area contributed by atoms with Crippen LogP contribution in [0.1, 0.15) is 0 Å². The van der Waals surface area contributed by atoms with E-state index in [0.29, 0.717) is 23.3 Å². The lowest BCUT2D eigenvalue weighted by atomic mass is 10.3. The fraction of sp³-hybridized carbons (Fsp3) is 0.125. The molecule has 0 saturated heterocycles. The van der Waals surface area contributed by atoms with Gasteiger partial charge >= 0.3 is 11.8 Å². The summed E-state index contributed by atoms with van der Waals surface area (Å²) in [6, 6.07) is 7.33. The summed E-state index contributed by atoms with van der Waals surface area (Å²) in [5, 5.41) is 3.83. The maximum atomic E-state index is 13.6. The van der Waals surface area contributed by atoms with Crippen LogP contribution in [-0.4, -0.2) is 24.0 Å². The Labute approximate surface area is 140 Å². The second-order valence-corrected chi connectivity index (χ2v) is 4.76. The number of hydrogen-bond donors (Lipinski definition) is 0. The average molecular weight is 350 g/mol. The highest BCUT2D eigenvalue weighted by molar-refractivity contribution is 5.48. The summed E-state index contributed by atoms with van der Waals surface area (Å²) in [5.41, 5.74) is 0.320. The summed E-state index contributed by atoms with van der Waals surface area (Å²) in [7, 11) is 2.92. The zero-order chi connectivity index (χ0) is 18.0. The van der Waals surface area contributed by atoms with Crippen LogP contribution in [0.2, 0.25) is 0 Å². The number of rotatable bonds is 5. The fourth-order valence-electron chi connectivity index (χ4n) is 2.07. The minimum atomic E-state index is -0.955. The van der Waals surface area contributed by atoms with E-state index in [9.17, 15) is 13.6 Å². The van der Waals surface area contributed by atoms with Crippen molar-refractivity contribution in [2.45, 2.75) is 0 Å². The Morgan fingerprint density at radius 1 is 1.00 bits per heavy atom. The number of halogens is 2. The van der Waals surface area contributed by atoms with Crippen LogP contribution >= 0.6 is 0 Å². The molecule has 1 aromatic heterocycles. The number of nitrogens with zero attached hydrogens (tertiary/aromatic N) is 2. The monoisotopic (exact) mass is 350 g/mol. The molecule has 0 radical (unpaired) electrons. The van der Waals surface area contributed by atoms with Gasteiger partial charge in [-0.15, -0.1) is 0 Å². The number of hydrogen-bond acceptors (Lipinski definition) is 6. The third-order valence-electron chi connectivity index (χ3n) is 3.23. The minimum Gasteiger partial charge on any atom is -0.493 e. The molecule has 2 aromatic carbocycles. The summed E-state index contributed by atoms with van der Waals surface area (Å²) in [5.74, 6) is -2.06. The minimum absolute atomic E-state index is 0.320. The molecular formula is C16H12F2N2O5. The molecule has 7 nitrogen and oxygen atoms in total. The molecule has 3 rings (SSSR count). The Kier molecular flexibility index (Phi) is 4.38. The number of methoxy groups -OCH3 is 2. The first-order valence-corrected chi connectivity index (χ1v) is 6.97. The molecule has 0 N–H and O–H groups in total. The van der Waals surface area contributed by atoms with Crippen molar-refractivity contribution < 1.29 is 27.4 Å². The molecule has 130 valence electrons. The van der Waals surface area contributed by atoms with Crippen molar-refractivity contribution in [2.24, 2.45) is 0 Å². The van der Waals surface area contributed by atoms with E-state index < -0.39 is 23.5 Å². The van der Waals surface area contributed by atoms with Crippen molar-refractivity contribution in [3.05, 3.63) is 58.6 Å². The van der Waals surface area contributed by atoms with Gasteiger partial charge in [0.25, 0.3) is 0 Å². The molecule has 0 spiro atoms. The predicted molar refractivity (Wildman–Crippen MR) is 81.6 cm³/mol. The summed E-state index contributed by atoms with van der Waals surface area (Å²) in [6.07, 6.45) is -0.495. The first kappa shape index (κ1) is 16.5. The van der Waals surface area contributed by atoms with Gasteiger partial charge in [0, 0.05) is 12.1 Å². The summed E-state index contributed by atoms with van der Waals surface area (Å²) in [6.45, 7) is 0. The molecule has 0 saturated carbocycles. The molecule has 25 heavy (non-hydrogen) atoms. The van der Waals surface area contributed by atoms with Crippen LogP contribution < -0.4 is 20.0 Å².